The van der Waals surface area contributed by atoms with Gasteiger partial charge in [-0.2, -0.15) is 0 Å². The molecule has 0 spiro atoms. The summed E-state index contributed by atoms with van der Waals surface area (Å²) in [4.78, 5) is 0. The second-order valence-corrected chi connectivity index (χ2v) is 12.1. The number of hydrogen-bond donors (Lipinski definition) is 0. The molecule has 8 aromatic carbocycles. The Labute approximate surface area is 269 Å². The average Bonchev–Trinajstić information content (AvgIpc) is 3.46. The van der Waals surface area contributed by atoms with Gasteiger partial charge in [-0.1, -0.05) is 170 Å². The van der Waals surface area contributed by atoms with Gasteiger partial charge in [0.2, 0.25) is 0 Å². The maximum Gasteiger partial charge on any atom is -0.00262 e. The van der Waals surface area contributed by atoms with Crippen LogP contribution < -0.4 is 0 Å². The third-order valence-corrected chi connectivity index (χ3v) is 9.44. The fourth-order valence-electron chi connectivity index (χ4n) is 7.26. The summed E-state index contributed by atoms with van der Waals surface area (Å²) in [6.07, 6.45) is 0. The van der Waals surface area contributed by atoms with Crippen LogP contribution in [0.2, 0.25) is 0 Å². The van der Waals surface area contributed by atoms with Gasteiger partial charge in [-0.25, -0.2) is 0 Å². The average molecular weight is 583 g/mol. The van der Waals surface area contributed by atoms with E-state index in [9.17, 15) is 0 Å². The van der Waals surface area contributed by atoms with Crippen molar-refractivity contribution in [3.63, 3.8) is 0 Å². The SMILES string of the molecule is c1ccc2cc(ccc(-c3ccc(-c4c5ccccc5c(-c5ccc6ccccc6c5)c5ccccc45)cc3)c1)-c1ccccc1-2. The van der Waals surface area contributed by atoms with Crippen LogP contribution in [0.3, 0.4) is 0 Å². The van der Waals surface area contributed by atoms with E-state index < -0.39 is 0 Å². The molecule has 0 aromatic heterocycles. The lowest BCUT2D eigenvalue weighted by Gasteiger charge is -2.18. The molecule has 0 N–H and O–H groups in total. The van der Waals surface area contributed by atoms with Crippen molar-refractivity contribution in [2.45, 2.75) is 0 Å². The number of rotatable bonds is 3. The highest BCUT2D eigenvalue weighted by atomic mass is 14.2. The zero-order chi connectivity index (χ0) is 30.5. The van der Waals surface area contributed by atoms with Crippen molar-refractivity contribution in [1.82, 2.24) is 0 Å². The summed E-state index contributed by atoms with van der Waals surface area (Å²) in [5, 5.41) is 7.61. The first-order chi connectivity index (χ1) is 22.8. The predicted molar refractivity (Wildman–Crippen MR) is 197 cm³/mol. The lowest BCUT2D eigenvalue weighted by atomic mass is 9.85. The van der Waals surface area contributed by atoms with Gasteiger partial charge < -0.3 is 0 Å². The second kappa shape index (κ2) is 10.9. The zero-order valence-corrected chi connectivity index (χ0v) is 25.3. The van der Waals surface area contributed by atoms with E-state index in [1.54, 1.807) is 0 Å². The third-order valence-electron chi connectivity index (χ3n) is 9.44. The first-order valence-electron chi connectivity index (χ1n) is 15.9. The zero-order valence-electron chi connectivity index (χ0n) is 25.3. The smallest absolute Gasteiger partial charge is 0.00262 e. The van der Waals surface area contributed by atoms with Crippen molar-refractivity contribution in [2.75, 3.05) is 0 Å². The van der Waals surface area contributed by atoms with Crippen molar-refractivity contribution in [3.8, 4) is 55.6 Å². The van der Waals surface area contributed by atoms with Crippen LogP contribution in [0.25, 0.3) is 88.0 Å². The van der Waals surface area contributed by atoms with Crippen LogP contribution in [0, 0.1) is 0 Å². The van der Waals surface area contributed by atoms with Gasteiger partial charge in [0.05, 0.1) is 0 Å². The summed E-state index contributed by atoms with van der Waals surface area (Å²) in [5.41, 5.74) is 12.5. The molecule has 0 saturated heterocycles. The molecule has 0 unspecified atom stereocenters. The predicted octanol–water partition coefficient (Wildman–Crippen LogP) is 12.9. The molecule has 0 fully saturated rings. The molecule has 9 rings (SSSR count). The molecule has 1 aliphatic carbocycles. The van der Waals surface area contributed by atoms with Crippen molar-refractivity contribution in [1.29, 1.82) is 0 Å². The fourth-order valence-corrected chi connectivity index (χ4v) is 7.26. The first-order valence-corrected chi connectivity index (χ1v) is 15.9. The minimum absolute atomic E-state index is 1.19. The topological polar surface area (TPSA) is 0 Å². The van der Waals surface area contributed by atoms with E-state index in [0.29, 0.717) is 0 Å². The van der Waals surface area contributed by atoms with Gasteiger partial charge in [-0.05, 0) is 100 Å². The highest BCUT2D eigenvalue weighted by Gasteiger charge is 2.17. The Morgan fingerprint density at radius 1 is 0.217 bits per heavy atom. The lowest BCUT2D eigenvalue weighted by molar-refractivity contribution is 1.62. The van der Waals surface area contributed by atoms with Crippen LogP contribution in [0.4, 0.5) is 0 Å². The van der Waals surface area contributed by atoms with E-state index in [1.165, 1.54) is 88.0 Å². The number of benzene rings is 7. The van der Waals surface area contributed by atoms with Gasteiger partial charge in [-0.3, -0.25) is 0 Å². The lowest BCUT2D eigenvalue weighted by Crippen LogP contribution is -1.91. The van der Waals surface area contributed by atoms with Crippen LogP contribution in [-0.4, -0.2) is 0 Å². The third kappa shape index (κ3) is 4.38. The standard InChI is InChI=1S/C46H30/c1-3-13-35-29-38(28-24-32(35)12-1)46-43-19-9-7-17-41(43)45(42-18-8-10-20-44(42)46)34-25-21-33(22-26-34)31-11-2-4-14-36-30-37(27-23-31)40-16-6-5-15-39(36)40/h1-30H. The molecule has 1 aliphatic rings. The molecular formula is C46H30. The highest BCUT2D eigenvalue weighted by molar-refractivity contribution is 6.21. The Hall–Kier alpha value is -5.98. The van der Waals surface area contributed by atoms with Crippen molar-refractivity contribution < 1.29 is 0 Å². The maximum absolute atomic E-state index is 2.34. The fraction of sp³-hybridized carbons (Fsp3) is 0. The van der Waals surface area contributed by atoms with Crippen LogP contribution in [-0.2, 0) is 0 Å². The van der Waals surface area contributed by atoms with Gasteiger partial charge in [0.15, 0.2) is 0 Å². The molecular weight excluding hydrogens is 553 g/mol. The minimum atomic E-state index is 1.19. The van der Waals surface area contributed by atoms with E-state index in [1.807, 2.05) is 0 Å². The molecule has 0 aliphatic heterocycles. The van der Waals surface area contributed by atoms with Crippen molar-refractivity contribution in [3.05, 3.63) is 182 Å². The largest absolute Gasteiger partial charge is 0.0616 e. The molecule has 0 atom stereocenters. The van der Waals surface area contributed by atoms with Gasteiger partial charge in [0, 0.05) is 0 Å². The summed E-state index contributed by atoms with van der Waals surface area (Å²) in [7, 11) is 0. The first kappa shape index (κ1) is 26.4. The van der Waals surface area contributed by atoms with E-state index in [-0.39, 0.29) is 0 Å². The van der Waals surface area contributed by atoms with Crippen LogP contribution in [0.1, 0.15) is 0 Å². The number of fused-ring (bicyclic) bond motifs is 8. The van der Waals surface area contributed by atoms with E-state index >= 15 is 0 Å². The van der Waals surface area contributed by atoms with Crippen molar-refractivity contribution in [2.24, 2.45) is 0 Å². The normalized spacial score (nSPS) is 11.5. The molecule has 214 valence electrons. The molecule has 0 radical (unpaired) electrons. The van der Waals surface area contributed by atoms with Crippen LogP contribution >= 0.6 is 0 Å². The Morgan fingerprint density at radius 2 is 0.609 bits per heavy atom. The Balaban J connectivity index is 1.19. The molecule has 0 heteroatoms. The van der Waals surface area contributed by atoms with Crippen LogP contribution in [0.15, 0.2) is 182 Å². The molecule has 2 bridgehead atoms. The number of hydrogen-bond acceptors (Lipinski definition) is 0. The second-order valence-electron chi connectivity index (χ2n) is 12.1. The van der Waals surface area contributed by atoms with Crippen molar-refractivity contribution >= 4 is 32.3 Å². The quantitative estimate of drug-likeness (QED) is 0.182. The monoisotopic (exact) mass is 582 g/mol. The molecule has 0 amide bonds. The summed E-state index contributed by atoms with van der Waals surface area (Å²) >= 11 is 0. The van der Waals surface area contributed by atoms with Gasteiger partial charge in [0.25, 0.3) is 0 Å². The van der Waals surface area contributed by atoms with Gasteiger partial charge in [-0.15, -0.1) is 0 Å². The van der Waals surface area contributed by atoms with E-state index in [4.69, 9.17) is 0 Å². The molecule has 8 aromatic rings. The van der Waals surface area contributed by atoms with Gasteiger partial charge in [0.1, 0.15) is 0 Å². The van der Waals surface area contributed by atoms with E-state index in [0.717, 1.165) is 0 Å². The molecule has 46 heavy (non-hydrogen) atoms. The van der Waals surface area contributed by atoms with Gasteiger partial charge >= 0.3 is 0 Å². The summed E-state index contributed by atoms with van der Waals surface area (Å²) in [6.45, 7) is 0. The molecule has 0 saturated carbocycles. The molecule has 0 nitrogen and oxygen atoms in total. The Bertz CT molecular complexity index is 2460. The summed E-state index contributed by atoms with van der Waals surface area (Å²) < 4.78 is 0. The minimum Gasteiger partial charge on any atom is -0.0616 e. The molecule has 0 heterocycles. The Morgan fingerprint density at radius 3 is 1.24 bits per heavy atom. The highest BCUT2D eigenvalue weighted by Crippen LogP contribution is 2.44. The summed E-state index contributed by atoms with van der Waals surface area (Å²) in [5.74, 6) is 0. The van der Waals surface area contributed by atoms with Crippen LogP contribution in [0.5, 0.6) is 0 Å². The van der Waals surface area contributed by atoms with E-state index in [2.05, 4.69) is 182 Å². The summed E-state index contributed by atoms with van der Waals surface area (Å²) in [6, 6.07) is 66.5. The Kier molecular flexibility index (Phi) is 6.25. The maximum atomic E-state index is 2.34.